The first-order valence-electron chi connectivity index (χ1n) is 8.52. The number of imide groups is 1. The molecule has 0 saturated carbocycles. The smallest absolute Gasteiger partial charge is 0.237 e. The lowest BCUT2D eigenvalue weighted by Gasteiger charge is -2.25. The topological polar surface area (TPSA) is 80.5 Å². The van der Waals surface area contributed by atoms with E-state index in [0.29, 0.717) is 24.9 Å². The Labute approximate surface area is 143 Å². The highest BCUT2D eigenvalue weighted by molar-refractivity contribution is 6.20. The Morgan fingerprint density at radius 3 is 2.42 bits per heavy atom. The summed E-state index contributed by atoms with van der Waals surface area (Å²) in [5.74, 6) is -0.717. The maximum absolute atomic E-state index is 12.4. The van der Waals surface area contributed by atoms with Gasteiger partial charge in [-0.1, -0.05) is 39.3 Å². The van der Waals surface area contributed by atoms with E-state index in [0.717, 1.165) is 18.4 Å². The SMILES string of the molecule is CCCC1CC(=O)N(c2ccc(C(C)(C)CCC(N)=O)cc2)C1=O. The fourth-order valence-corrected chi connectivity index (χ4v) is 3.18. The second kappa shape index (κ2) is 7.16. The summed E-state index contributed by atoms with van der Waals surface area (Å²) in [6.45, 7) is 6.12. The molecule has 24 heavy (non-hydrogen) atoms. The summed E-state index contributed by atoms with van der Waals surface area (Å²) in [4.78, 5) is 36.9. The Kier molecular flexibility index (Phi) is 5.42. The molecule has 1 atom stereocenters. The zero-order valence-corrected chi connectivity index (χ0v) is 14.7. The standard InChI is InChI=1S/C19H26N2O3/c1-4-5-13-12-17(23)21(18(13)24)15-8-6-14(7-9-15)19(2,3)11-10-16(20)22/h6-9,13H,4-5,10-12H2,1-3H3,(H2,20,22). The van der Waals surface area contributed by atoms with Gasteiger partial charge in [-0.2, -0.15) is 0 Å². The second-order valence-corrected chi connectivity index (χ2v) is 7.15. The quantitative estimate of drug-likeness (QED) is 0.781. The van der Waals surface area contributed by atoms with Crippen LogP contribution in [0.5, 0.6) is 0 Å². The number of carbonyl (C=O) groups is 3. The van der Waals surface area contributed by atoms with E-state index in [1.165, 1.54) is 4.90 Å². The minimum absolute atomic E-state index is 0.0948. The van der Waals surface area contributed by atoms with E-state index in [1.807, 2.05) is 45.0 Å². The van der Waals surface area contributed by atoms with Gasteiger partial charge in [0.2, 0.25) is 17.7 Å². The fraction of sp³-hybridized carbons (Fsp3) is 0.526. The number of hydrogen-bond donors (Lipinski definition) is 1. The highest BCUT2D eigenvalue weighted by Gasteiger charge is 2.38. The molecular formula is C19H26N2O3. The number of hydrogen-bond acceptors (Lipinski definition) is 3. The Morgan fingerprint density at radius 2 is 1.88 bits per heavy atom. The van der Waals surface area contributed by atoms with Crippen LogP contribution in [0, 0.1) is 5.92 Å². The van der Waals surface area contributed by atoms with Crippen molar-refractivity contribution in [3.05, 3.63) is 29.8 Å². The lowest BCUT2D eigenvalue weighted by molar-refractivity contribution is -0.122. The molecular weight excluding hydrogens is 304 g/mol. The van der Waals surface area contributed by atoms with Crippen LogP contribution in [0.1, 0.15) is 58.4 Å². The van der Waals surface area contributed by atoms with Gasteiger partial charge in [-0.25, -0.2) is 0 Å². The third-order valence-corrected chi connectivity index (χ3v) is 4.78. The second-order valence-electron chi connectivity index (χ2n) is 7.15. The molecule has 2 N–H and O–H groups in total. The van der Waals surface area contributed by atoms with Crippen molar-refractivity contribution in [3.8, 4) is 0 Å². The van der Waals surface area contributed by atoms with Crippen molar-refractivity contribution >= 4 is 23.4 Å². The molecule has 1 aliphatic heterocycles. The maximum atomic E-state index is 12.4. The number of nitrogens with zero attached hydrogens (tertiary/aromatic N) is 1. The lowest BCUT2D eigenvalue weighted by Crippen LogP contribution is -2.30. The summed E-state index contributed by atoms with van der Waals surface area (Å²) in [5, 5.41) is 0. The summed E-state index contributed by atoms with van der Waals surface area (Å²) < 4.78 is 0. The van der Waals surface area contributed by atoms with Crippen LogP contribution in [0.3, 0.4) is 0 Å². The van der Waals surface area contributed by atoms with Crippen molar-refractivity contribution in [1.82, 2.24) is 0 Å². The van der Waals surface area contributed by atoms with E-state index in [1.54, 1.807) is 0 Å². The first-order chi connectivity index (χ1) is 11.3. The highest BCUT2D eigenvalue weighted by Crippen LogP contribution is 2.33. The molecule has 1 saturated heterocycles. The van der Waals surface area contributed by atoms with Crippen molar-refractivity contribution in [3.63, 3.8) is 0 Å². The molecule has 1 aliphatic rings. The molecule has 0 spiro atoms. The van der Waals surface area contributed by atoms with Crippen LogP contribution in [-0.2, 0) is 19.8 Å². The number of rotatable bonds is 7. The Morgan fingerprint density at radius 1 is 1.25 bits per heavy atom. The predicted octanol–water partition coefficient (Wildman–Crippen LogP) is 2.91. The average Bonchev–Trinajstić information content (AvgIpc) is 2.80. The molecule has 1 heterocycles. The van der Waals surface area contributed by atoms with Gasteiger partial charge in [0.25, 0.3) is 0 Å². The maximum Gasteiger partial charge on any atom is 0.237 e. The van der Waals surface area contributed by atoms with E-state index in [-0.39, 0.29) is 29.1 Å². The molecule has 130 valence electrons. The number of anilines is 1. The number of amides is 3. The zero-order chi connectivity index (χ0) is 17.9. The monoisotopic (exact) mass is 330 g/mol. The molecule has 0 bridgehead atoms. The Hall–Kier alpha value is -2.17. The first kappa shape index (κ1) is 18.2. The Bertz CT molecular complexity index is 635. The van der Waals surface area contributed by atoms with E-state index < -0.39 is 0 Å². The van der Waals surface area contributed by atoms with Crippen molar-refractivity contribution in [2.24, 2.45) is 11.7 Å². The predicted molar refractivity (Wildman–Crippen MR) is 93.4 cm³/mol. The summed E-state index contributed by atoms with van der Waals surface area (Å²) >= 11 is 0. The van der Waals surface area contributed by atoms with E-state index >= 15 is 0 Å². The van der Waals surface area contributed by atoms with Crippen molar-refractivity contribution in [1.29, 1.82) is 0 Å². The molecule has 5 nitrogen and oxygen atoms in total. The van der Waals surface area contributed by atoms with Crippen molar-refractivity contribution in [2.45, 2.75) is 58.3 Å². The molecule has 5 heteroatoms. The van der Waals surface area contributed by atoms with Crippen LogP contribution in [-0.4, -0.2) is 17.7 Å². The van der Waals surface area contributed by atoms with Crippen LogP contribution in [0.25, 0.3) is 0 Å². The third kappa shape index (κ3) is 3.83. The van der Waals surface area contributed by atoms with E-state index in [9.17, 15) is 14.4 Å². The van der Waals surface area contributed by atoms with Crippen molar-refractivity contribution in [2.75, 3.05) is 4.90 Å². The van der Waals surface area contributed by atoms with Crippen LogP contribution >= 0.6 is 0 Å². The summed E-state index contributed by atoms with van der Waals surface area (Å²) in [7, 11) is 0. The number of benzene rings is 1. The van der Waals surface area contributed by atoms with Gasteiger partial charge in [-0.15, -0.1) is 0 Å². The van der Waals surface area contributed by atoms with Gasteiger partial charge >= 0.3 is 0 Å². The molecule has 1 aromatic carbocycles. The van der Waals surface area contributed by atoms with Crippen LogP contribution in [0.4, 0.5) is 5.69 Å². The molecule has 1 aromatic rings. The summed E-state index contributed by atoms with van der Waals surface area (Å²) in [5.41, 5.74) is 6.71. The average molecular weight is 330 g/mol. The fourth-order valence-electron chi connectivity index (χ4n) is 3.18. The van der Waals surface area contributed by atoms with Crippen LogP contribution < -0.4 is 10.6 Å². The van der Waals surface area contributed by atoms with Gasteiger partial charge in [0, 0.05) is 18.8 Å². The van der Waals surface area contributed by atoms with Gasteiger partial charge < -0.3 is 5.73 Å². The molecule has 0 aliphatic carbocycles. The zero-order valence-electron chi connectivity index (χ0n) is 14.7. The lowest BCUT2D eigenvalue weighted by atomic mass is 9.80. The number of carbonyl (C=O) groups excluding carboxylic acids is 3. The van der Waals surface area contributed by atoms with Gasteiger partial charge in [0.05, 0.1) is 5.69 Å². The molecule has 0 aromatic heterocycles. The van der Waals surface area contributed by atoms with Gasteiger partial charge in [0.15, 0.2) is 0 Å². The van der Waals surface area contributed by atoms with Crippen molar-refractivity contribution < 1.29 is 14.4 Å². The largest absolute Gasteiger partial charge is 0.370 e. The minimum Gasteiger partial charge on any atom is -0.370 e. The minimum atomic E-state index is -0.310. The molecule has 3 amide bonds. The van der Waals surface area contributed by atoms with E-state index in [2.05, 4.69) is 0 Å². The van der Waals surface area contributed by atoms with Gasteiger partial charge in [0.1, 0.15) is 0 Å². The van der Waals surface area contributed by atoms with Gasteiger partial charge in [-0.05, 0) is 36.0 Å². The third-order valence-electron chi connectivity index (χ3n) is 4.78. The summed E-state index contributed by atoms with van der Waals surface area (Å²) in [6.07, 6.45) is 2.93. The number of primary amides is 1. The molecule has 2 rings (SSSR count). The molecule has 1 fully saturated rings. The molecule has 0 radical (unpaired) electrons. The van der Waals surface area contributed by atoms with Crippen LogP contribution in [0.2, 0.25) is 0 Å². The van der Waals surface area contributed by atoms with E-state index in [4.69, 9.17) is 5.73 Å². The summed E-state index contributed by atoms with van der Waals surface area (Å²) in [6, 6.07) is 7.46. The first-order valence-corrected chi connectivity index (χ1v) is 8.52. The molecule has 1 unspecified atom stereocenters. The van der Waals surface area contributed by atoms with Gasteiger partial charge in [-0.3, -0.25) is 19.3 Å². The number of nitrogens with two attached hydrogens (primary N) is 1. The Balaban J connectivity index is 2.16. The van der Waals surface area contributed by atoms with Crippen LogP contribution in [0.15, 0.2) is 24.3 Å². The highest BCUT2D eigenvalue weighted by atomic mass is 16.2. The normalized spacial score (nSPS) is 18.3.